The molecule has 110 valence electrons. The highest BCUT2D eigenvalue weighted by Gasteiger charge is 2.21. The molecule has 0 atom stereocenters. The molecule has 0 amide bonds. The fourth-order valence-electron chi connectivity index (χ4n) is 2.45. The molecule has 0 aliphatic rings. The molecule has 1 heteroatoms. The van der Waals surface area contributed by atoms with Crippen LogP contribution in [-0.2, 0) is 6.42 Å². The summed E-state index contributed by atoms with van der Waals surface area (Å²) in [5, 5.41) is 10.5. The zero-order valence-corrected chi connectivity index (χ0v) is 13.2. The lowest BCUT2D eigenvalue weighted by Gasteiger charge is -2.20. The van der Waals surface area contributed by atoms with E-state index in [9.17, 15) is 5.11 Å². The van der Waals surface area contributed by atoms with Crippen molar-refractivity contribution in [2.75, 3.05) is 0 Å². The molecule has 0 unspecified atom stereocenters. The van der Waals surface area contributed by atoms with E-state index in [2.05, 4.69) is 50.8 Å². The maximum absolute atomic E-state index is 10.5. The van der Waals surface area contributed by atoms with Crippen LogP contribution in [0.4, 0.5) is 0 Å². The molecule has 0 aliphatic carbocycles. The number of aryl methyl sites for hydroxylation is 1. The van der Waals surface area contributed by atoms with Gasteiger partial charge >= 0.3 is 0 Å². The molecule has 1 aromatic rings. The minimum absolute atomic E-state index is 0.753. The van der Waals surface area contributed by atoms with Crippen LogP contribution in [0.2, 0.25) is 0 Å². The number of benzene rings is 1. The molecular weight excluding hydrogens is 244 g/mol. The Morgan fingerprint density at radius 2 is 1.75 bits per heavy atom. The molecule has 0 heterocycles. The number of unbranched alkanes of at least 4 members (excludes halogenated alkanes) is 1. The summed E-state index contributed by atoms with van der Waals surface area (Å²) in [6, 6.07) is 8.40. The van der Waals surface area contributed by atoms with Crippen LogP contribution in [-0.4, -0.2) is 10.7 Å². The predicted octanol–water partition coefficient (Wildman–Crippen LogP) is 4.71. The minimum Gasteiger partial charge on any atom is -0.378 e. The third-order valence-electron chi connectivity index (χ3n) is 3.51. The van der Waals surface area contributed by atoms with Crippen molar-refractivity contribution in [3.8, 4) is 11.8 Å². The lowest BCUT2D eigenvalue weighted by Crippen LogP contribution is -2.25. The van der Waals surface area contributed by atoms with Crippen molar-refractivity contribution >= 4 is 0 Å². The highest BCUT2D eigenvalue weighted by Crippen LogP contribution is 2.18. The van der Waals surface area contributed by atoms with Crippen molar-refractivity contribution in [3.63, 3.8) is 0 Å². The molecule has 0 spiro atoms. The van der Waals surface area contributed by atoms with Gasteiger partial charge in [-0.1, -0.05) is 64.0 Å². The SMILES string of the molecule is CCCCc1cccc(C#CC(O)(CCC)CCC)c1. The standard InChI is InChI=1S/C19H28O/c1-4-7-9-17-10-8-11-18(16-17)12-15-19(20,13-5-2)14-6-3/h8,10-11,16,20H,4-7,9,13-14H2,1-3H3. The molecular formula is C19H28O. The smallest absolute Gasteiger partial charge is 0.125 e. The zero-order valence-electron chi connectivity index (χ0n) is 13.2. The summed E-state index contributed by atoms with van der Waals surface area (Å²) in [6.07, 6.45) is 6.96. The molecule has 0 saturated carbocycles. The first kappa shape index (κ1) is 16.8. The van der Waals surface area contributed by atoms with Crippen molar-refractivity contribution in [2.24, 2.45) is 0 Å². The van der Waals surface area contributed by atoms with Gasteiger partial charge in [0.25, 0.3) is 0 Å². The maximum atomic E-state index is 10.5. The first-order valence-corrected chi connectivity index (χ1v) is 7.98. The van der Waals surface area contributed by atoms with Gasteiger partial charge in [-0.2, -0.15) is 0 Å². The van der Waals surface area contributed by atoms with E-state index in [1.54, 1.807) is 0 Å². The lowest BCUT2D eigenvalue weighted by molar-refractivity contribution is 0.0807. The summed E-state index contributed by atoms with van der Waals surface area (Å²) < 4.78 is 0. The quantitative estimate of drug-likeness (QED) is 0.713. The van der Waals surface area contributed by atoms with Gasteiger partial charge in [-0.3, -0.25) is 0 Å². The molecule has 0 saturated heterocycles. The van der Waals surface area contributed by atoms with Gasteiger partial charge in [0, 0.05) is 5.56 Å². The Labute approximate surface area is 124 Å². The van der Waals surface area contributed by atoms with Gasteiger partial charge in [0.05, 0.1) is 0 Å². The predicted molar refractivity (Wildman–Crippen MR) is 86.7 cm³/mol. The summed E-state index contributed by atoms with van der Waals surface area (Å²) in [7, 11) is 0. The monoisotopic (exact) mass is 272 g/mol. The van der Waals surface area contributed by atoms with Gasteiger partial charge in [0.15, 0.2) is 0 Å². The Hall–Kier alpha value is -1.26. The molecule has 0 radical (unpaired) electrons. The van der Waals surface area contributed by atoms with E-state index in [0.717, 1.165) is 37.7 Å². The van der Waals surface area contributed by atoms with Crippen molar-refractivity contribution in [3.05, 3.63) is 35.4 Å². The third kappa shape index (κ3) is 5.80. The summed E-state index contributed by atoms with van der Waals surface area (Å²) in [5.41, 5.74) is 1.54. The molecule has 0 fully saturated rings. The van der Waals surface area contributed by atoms with Crippen LogP contribution < -0.4 is 0 Å². The van der Waals surface area contributed by atoms with Gasteiger partial charge in [-0.15, -0.1) is 0 Å². The van der Waals surface area contributed by atoms with Crippen LogP contribution in [0.25, 0.3) is 0 Å². The van der Waals surface area contributed by atoms with Gasteiger partial charge in [-0.05, 0) is 43.4 Å². The van der Waals surface area contributed by atoms with E-state index in [1.165, 1.54) is 18.4 Å². The Bertz CT molecular complexity index is 444. The molecule has 0 aromatic heterocycles. The highest BCUT2D eigenvalue weighted by molar-refractivity contribution is 5.38. The summed E-state index contributed by atoms with van der Waals surface area (Å²) in [5.74, 6) is 6.27. The summed E-state index contributed by atoms with van der Waals surface area (Å²) in [6.45, 7) is 6.39. The normalized spacial score (nSPS) is 11.0. The van der Waals surface area contributed by atoms with Crippen LogP contribution in [0.5, 0.6) is 0 Å². The number of hydrogen-bond acceptors (Lipinski definition) is 1. The van der Waals surface area contributed by atoms with E-state index in [1.807, 2.05) is 6.07 Å². The second-order valence-electron chi connectivity index (χ2n) is 5.59. The van der Waals surface area contributed by atoms with Crippen molar-refractivity contribution < 1.29 is 5.11 Å². The Morgan fingerprint density at radius 3 is 2.35 bits per heavy atom. The average molecular weight is 272 g/mol. The Morgan fingerprint density at radius 1 is 1.05 bits per heavy atom. The molecule has 0 bridgehead atoms. The van der Waals surface area contributed by atoms with E-state index < -0.39 is 5.60 Å². The molecule has 1 aromatic carbocycles. The zero-order chi connectivity index (χ0) is 14.8. The Kier molecular flexibility index (Phi) is 7.41. The van der Waals surface area contributed by atoms with E-state index in [4.69, 9.17) is 0 Å². The van der Waals surface area contributed by atoms with Crippen molar-refractivity contribution in [1.82, 2.24) is 0 Å². The molecule has 0 aliphatic heterocycles. The van der Waals surface area contributed by atoms with Gasteiger partial charge in [-0.25, -0.2) is 0 Å². The van der Waals surface area contributed by atoms with Gasteiger partial charge in [0.1, 0.15) is 5.60 Å². The largest absolute Gasteiger partial charge is 0.378 e. The molecule has 20 heavy (non-hydrogen) atoms. The first-order chi connectivity index (χ1) is 9.63. The Balaban J connectivity index is 2.83. The van der Waals surface area contributed by atoms with E-state index >= 15 is 0 Å². The minimum atomic E-state index is -0.817. The van der Waals surface area contributed by atoms with Crippen molar-refractivity contribution in [1.29, 1.82) is 0 Å². The van der Waals surface area contributed by atoms with Crippen LogP contribution >= 0.6 is 0 Å². The van der Waals surface area contributed by atoms with Crippen LogP contribution in [0.1, 0.15) is 70.4 Å². The molecule has 1 rings (SSSR count). The average Bonchev–Trinajstić information content (AvgIpc) is 2.44. The first-order valence-electron chi connectivity index (χ1n) is 7.98. The third-order valence-corrected chi connectivity index (χ3v) is 3.51. The van der Waals surface area contributed by atoms with E-state index in [-0.39, 0.29) is 0 Å². The fourth-order valence-corrected chi connectivity index (χ4v) is 2.45. The summed E-state index contributed by atoms with van der Waals surface area (Å²) >= 11 is 0. The van der Waals surface area contributed by atoms with Crippen LogP contribution in [0, 0.1) is 11.8 Å². The highest BCUT2D eigenvalue weighted by atomic mass is 16.3. The topological polar surface area (TPSA) is 20.2 Å². The van der Waals surface area contributed by atoms with Gasteiger partial charge in [0.2, 0.25) is 0 Å². The van der Waals surface area contributed by atoms with E-state index in [0.29, 0.717) is 0 Å². The second kappa shape index (κ2) is 8.82. The fraction of sp³-hybridized carbons (Fsp3) is 0.579. The number of hydrogen-bond donors (Lipinski definition) is 1. The molecule has 1 nitrogen and oxygen atoms in total. The number of aliphatic hydroxyl groups is 1. The maximum Gasteiger partial charge on any atom is 0.125 e. The lowest BCUT2D eigenvalue weighted by atomic mass is 9.93. The number of rotatable bonds is 7. The summed E-state index contributed by atoms with van der Waals surface area (Å²) in [4.78, 5) is 0. The van der Waals surface area contributed by atoms with Crippen LogP contribution in [0.15, 0.2) is 24.3 Å². The molecule has 1 N–H and O–H groups in total. The van der Waals surface area contributed by atoms with Gasteiger partial charge < -0.3 is 5.11 Å². The van der Waals surface area contributed by atoms with Crippen molar-refractivity contribution in [2.45, 2.75) is 71.3 Å². The van der Waals surface area contributed by atoms with Crippen LogP contribution in [0.3, 0.4) is 0 Å². The second-order valence-corrected chi connectivity index (χ2v) is 5.59.